The van der Waals surface area contributed by atoms with Crippen molar-refractivity contribution in [1.29, 1.82) is 0 Å². The molecule has 0 saturated heterocycles. The molecule has 4 nitrogen and oxygen atoms in total. The Kier molecular flexibility index (Phi) is 1.55. The predicted molar refractivity (Wildman–Crippen MR) is 48.6 cm³/mol. The monoisotopic (exact) mass is 176 g/mol. The van der Waals surface area contributed by atoms with E-state index >= 15 is 0 Å². The summed E-state index contributed by atoms with van der Waals surface area (Å²) in [6.07, 6.45) is 1.39. The van der Waals surface area contributed by atoms with Gasteiger partial charge in [-0.05, 0) is 12.1 Å². The van der Waals surface area contributed by atoms with Crippen LogP contribution in [-0.4, -0.2) is 14.7 Å². The number of rotatable bonds is 0. The summed E-state index contributed by atoms with van der Waals surface area (Å²) in [5.74, 6) is 0.0372. The molecular weight excluding hydrogens is 168 g/mol. The van der Waals surface area contributed by atoms with Crippen molar-refractivity contribution in [2.24, 2.45) is 7.05 Å². The molecule has 13 heavy (non-hydrogen) atoms. The second-order valence-electron chi connectivity index (χ2n) is 2.83. The van der Waals surface area contributed by atoms with Crippen LogP contribution in [0.15, 0.2) is 29.3 Å². The molecule has 0 unspecified atom stereocenters. The predicted octanol–water partition coefficient (Wildman–Crippen LogP) is 0.639. The number of phenolic OH excluding ortho intramolecular Hbond substituents is 1. The summed E-state index contributed by atoms with van der Waals surface area (Å²) in [6, 6.07) is 4.78. The van der Waals surface area contributed by atoms with Gasteiger partial charge in [0.1, 0.15) is 11.3 Å². The molecule has 4 heteroatoms. The van der Waals surface area contributed by atoms with E-state index in [2.05, 4.69) is 4.98 Å². The van der Waals surface area contributed by atoms with E-state index in [4.69, 9.17) is 0 Å². The number of fused-ring (bicyclic) bond motifs is 1. The highest BCUT2D eigenvalue weighted by atomic mass is 16.3. The SMILES string of the molecule is Cn1cnc2c(O)cccc2c1=O. The number of aryl methyl sites for hydroxylation is 1. The van der Waals surface area contributed by atoms with Gasteiger partial charge in [0.2, 0.25) is 0 Å². The lowest BCUT2D eigenvalue weighted by Crippen LogP contribution is -2.16. The topological polar surface area (TPSA) is 55.1 Å². The number of benzene rings is 1. The van der Waals surface area contributed by atoms with Gasteiger partial charge >= 0.3 is 0 Å². The standard InChI is InChI=1S/C9H8N2O2/c1-11-5-10-8-6(9(11)13)3-2-4-7(8)12/h2-5,12H,1H3. The Morgan fingerprint density at radius 1 is 1.46 bits per heavy atom. The van der Waals surface area contributed by atoms with Crippen LogP contribution in [-0.2, 0) is 7.05 Å². The molecule has 0 aliphatic carbocycles. The van der Waals surface area contributed by atoms with Crippen LogP contribution in [0.25, 0.3) is 10.9 Å². The zero-order chi connectivity index (χ0) is 9.42. The van der Waals surface area contributed by atoms with Crippen LogP contribution in [0, 0.1) is 0 Å². The molecule has 66 valence electrons. The molecule has 2 aromatic rings. The lowest BCUT2D eigenvalue weighted by Gasteiger charge is -2.00. The van der Waals surface area contributed by atoms with Gasteiger partial charge in [0.25, 0.3) is 5.56 Å². The largest absolute Gasteiger partial charge is 0.506 e. The maximum Gasteiger partial charge on any atom is 0.261 e. The first-order valence-electron chi connectivity index (χ1n) is 3.83. The van der Waals surface area contributed by atoms with Crippen molar-refractivity contribution in [2.45, 2.75) is 0 Å². The van der Waals surface area contributed by atoms with Crippen molar-refractivity contribution in [1.82, 2.24) is 9.55 Å². The maximum atomic E-state index is 11.5. The molecule has 1 aromatic heterocycles. The third-order valence-corrected chi connectivity index (χ3v) is 1.93. The minimum Gasteiger partial charge on any atom is -0.506 e. The fourth-order valence-electron chi connectivity index (χ4n) is 1.23. The van der Waals surface area contributed by atoms with E-state index in [1.807, 2.05) is 0 Å². The summed E-state index contributed by atoms with van der Waals surface area (Å²) in [5, 5.41) is 9.81. The number of aromatic nitrogens is 2. The van der Waals surface area contributed by atoms with Crippen molar-refractivity contribution in [3.63, 3.8) is 0 Å². The normalized spacial score (nSPS) is 10.5. The van der Waals surface area contributed by atoms with Crippen molar-refractivity contribution < 1.29 is 5.11 Å². The van der Waals surface area contributed by atoms with Crippen molar-refractivity contribution in [3.8, 4) is 5.75 Å². The molecule has 0 aliphatic rings. The first kappa shape index (κ1) is 7.79. The summed E-state index contributed by atoms with van der Waals surface area (Å²) in [7, 11) is 1.62. The molecule has 0 radical (unpaired) electrons. The van der Waals surface area contributed by atoms with Crippen LogP contribution in [0.2, 0.25) is 0 Å². The minimum atomic E-state index is -0.152. The van der Waals surface area contributed by atoms with Crippen molar-refractivity contribution in [3.05, 3.63) is 34.9 Å². The van der Waals surface area contributed by atoms with Gasteiger partial charge in [0.15, 0.2) is 0 Å². The highest BCUT2D eigenvalue weighted by molar-refractivity contribution is 5.82. The smallest absolute Gasteiger partial charge is 0.261 e. The Bertz CT molecular complexity index is 516. The third kappa shape index (κ3) is 1.07. The van der Waals surface area contributed by atoms with Gasteiger partial charge in [-0.2, -0.15) is 0 Å². The number of para-hydroxylation sites is 1. The molecule has 0 atom stereocenters. The van der Waals surface area contributed by atoms with Gasteiger partial charge in [-0.1, -0.05) is 6.07 Å². The van der Waals surface area contributed by atoms with E-state index in [9.17, 15) is 9.90 Å². The number of hydrogen-bond acceptors (Lipinski definition) is 3. The fraction of sp³-hybridized carbons (Fsp3) is 0.111. The lowest BCUT2D eigenvalue weighted by molar-refractivity contribution is 0.480. The summed E-state index contributed by atoms with van der Waals surface area (Å²) < 4.78 is 1.38. The summed E-state index contributed by atoms with van der Waals surface area (Å²) in [6.45, 7) is 0. The average molecular weight is 176 g/mol. The Morgan fingerprint density at radius 2 is 2.23 bits per heavy atom. The van der Waals surface area contributed by atoms with E-state index < -0.39 is 0 Å². The van der Waals surface area contributed by atoms with Gasteiger partial charge in [0.05, 0.1) is 11.7 Å². The van der Waals surface area contributed by atoms with E-state index in [1.54, 1.807) is 19.2 Å². The molecule has 0 spiro atoms. The molecule has 0 amide bonds. The quantitative estimate of drug-likeness (QED) is 0.640. The zero-order valence-electron chi connectivity index (χ0n) is 7.06. The lowest BCUT2D eigenvalue weighted by atomic mass is 10.2. The van der Waals surface area contributed by atoms with Crippen LogP contribution in [0.5, 0.6) is 5.75 Å². The van der Waals surface area contributed by atoms with Crippen molar-refractivity contribution in [2.75, 3.05) is 0 Å². The zero-order valence-corrected chi connectivity index (χ0v) is 7.06. The van der Waals surface area contributed by atoms with Crippen LogP contribution in [0.1, 0.15) is 0 Å². The molecule has 2 rings (SSSR count). The Hall–Kier alpha value is -1.84. The summed E-state index contributed by atoms with van der Waals surface area (Å²) in [5.41, 5.74) is 0.200. The van der Waals surface area contributed by atoms with Gasteiger partial charge in [-0.3, -0.25) is 4.79 Å². The minimum absolute atomic E-state index is 0.0372. The van der Waals surface area contributed by atoms with E-state index in [0.29, 0.717) is 10.9 Å². The van der Waals surface area contributed by atoms with Gasteiger partial charge in [0, 0.05) is 7.05 Å². The number of aromatic hydroxyl groups is 1. The van der Waals surface area contributed by atoms with Gasteiger partial charge in [-0.25, -0.2) is 4.98 Å². The van der Waals surface area contributed by atoms with Crippen LogP contribution < -0.4 is 5.56 Å². The van der Waals surface area contributed by atoms with E-state index in [0.717, 1.165) is 0 Å². The first-order chi connectivity index (χ1) is 6.20. The van der Waals surface area contributed by atoms with E-state index in [-0.39, 0.29) is 11.3 Å². The second-order valence-corrected chi connectivity index (χ2v) is 2.83. The van der Waals surface area contributed by atoms with Crippen LogP contribution >= 0.6 is 0 Å². The average Bonchev–Trinajstić information content (AvgIpc) is 2.12. The molecule has 1 heterocycles. The number of hydrogen-bond donors (Lipinski definition) is 1. The van der Waals surface area contributed by atoms with Gasteiger partial charge in [-0.15, -0.1) is 0 Å². The van der Waals surface area contributed by atoms with Crippen LogP contribution in [0.3, 0.4) is 0 Å². The Labute approximate surface area is 74.1 Å². The van der Waals surface area contributed by atoms with E-state index in [1.165, 1.54) is 17.0 Å². The second kappa shape index (κ2) is 2.58. The van der Waals surface area contributed by atoms with Crippen molar-refractivity contribution >= 4 is 10.9 Å². The maximum absolute atomic E-state index is 11.5. The highest BCUT2D eigenvalue weighted by Crippen LogP contribution is 2.17. The fourth-order valence-corrected chi connectivity index (χ4v) is 1.23. The number of nitrogens with zero attached hydrogens (tertiary/aromatic N) is 2. The molecule has 1 aromatic carbocycles. The molecule has 0 bridgehead atoms. The summed E-state index contributed by atoms with van der Waals surface area (Å²) in [4.78, 5) is 15.4. The van der Waals surface area contributed by atoms with Gasteiger partial charge < -0.3 is 9.67 Å². The summed E-state index contributed by atoms with van der Waals surface area (Å²) >= 11 is 0. The Balaban J connectivity index is 3.03. The molecule has 0 saturated carbocycles. The molecule has 0 fully saturated rings. The first-order valence-corrected chi connectivity index (χ1v) is 3.83. The molecule has 1 N–H and O–H groups in total. The number of phenols is 1. The molecule has 0 aliphatic heterocycles. The highest BCUT2D eigenvalue weighted by Gasteiger charge is 2.03. The third-order valence-electron chi connectivity index (χ3n) is 1.93. The molecular formula is C9H8N2O2. The van der Waals surface area contributed by atoms with Crippen LogP contribution in [0.4, 0.5) is 0 Å². The Morgan fingerprint density at radius 3 is 3.00 bits per heavy atom.